The lowest BCUT2D eigenvalue weighted by Gasteiger charge is -2.05. The molecule has 0 amide bonds. The molecule has 0 unspecified atom stereocenters. The Balaban J connectivity index is 2.58. The van der Waals surface area contributed by atoms with Gasteiger partial charge in [0.1, 0.15) is 17.4 Å². The fourth-order valence-electron chi connectivity index (χ4n) is 1.36. The van der Waals surface area contributed by atoms with Crippen LogP contribution in [-0.2, 0) is 0 Å². The monoisotopic (exact) mass is 220 g/mol. The molecule has 5 N–H and O–H groups in total. The van der Waals surface area contributed by atoms with E-state index in [9.17, 15) is 9.50 Å². The van der Waals surface area contributed by atoms with E-state index in [0.29, 0.717) is 11.1 Å². The number of halogens is 1. The van der Waals surface area contributed by atoms with Crippen molar-refractivity contribution in [2.45, 2.75) is 0 Å². The largest absolute Gasteiger partial charge is 0.508 e. The van der Waals surface area contributed by atoms with Gasteiger partial charge in [0.25, 0.3) is 0 Å². The predicted octanol–water partition coefficient (Wildman–Crippen LogP) is 1.15. The number of hydrogen-bond acceptors (Lipinski definition) is 5. The first-order valence-corrected chi connectivity index (χ1v) is 4.44. The molecule has 0 atom stereocenters. The van der Waals surface area contributed by atoms with Crippen LogP contribution in [0.2, 0.25) is 0 Å². The Morgan fingerprint density at radius 1 is 1.19 bits per heavy atom. The summed E-state index contributed by atoms with van der Waals surface area (Å²) >= 11 is 0. The molecule has 0 aliphatic rings. The summed E-state index contributed by atoms with van der Waals surface area (Å²) in [6, 6.07) is 3.59. The number of aromatic nitrogens is 2. The molecule has 1 aromatic heterocycles. The Bertz CT molecular complexity index is 524. The number of nitrogens with zero attached hydrogens (tertiary/aromatic N) is 2. The molecule has 16 heavy (non-hydrogen) atoms. The Hall–Kier alpha value is -2.37. The maximum atomic E-state index is 13.1. The van der Waals surface area contributed by atoms with Crippen LogP contribution in [0.15, 0.2) is 24.4 Å². The Labute approximate surface area is 90.6 Å². The lowest BCUT2D eigenvalue weighted by molar-refractivity contribution is 0.469. The van der Waals surface area contributed by atoms with Crippen molar-refractivity contribution < 1.29 is 9.50 Å². The summed E-state index contributed by atoms with van der Waals surface area (Å²) in [5.74, 6) is -0.572. The van der Waals surface area contributed by atoms with Crippen LogP contribution in [-0.4, -0.2) is 15.1 Å². The highest BCUT2D eigenvalue weighted by atomic mass is 19.1. The zero-order chi connectivity index (χ0) is 11.7. The number of phenolic OH excluding ortho intramolecular Hbond substituents is 1. The molecule has 82 valence electrons. The first-order chi connectivity index (χ1) is 7.56. The van der Waals surface area contributed by atoms with Gasteiger partial charge in [-0.3, -0.25) is 0 Å². The summed E-state index contributed by atoms with van der Waals surface area (Å²) < 4.78 is 13.1. The van der Waals surface area contributed by atoms with Crippen molar-refractivity contribution in [3.63, 3.8) is 0 Å². The van der Waals surface area contributed by atoms with Gasteiger partial charge < -0.3 is 16.6 Å². The van der Waals surface area contributed by atoms with Gasteiger partial charge in [0.15, 0.2) is 0 Å². The number of nitrogens with two attached hydrogens (primary N) is 2. The van der Waals surface area contributed by atoms with E-state index in [2.05, 4.69) is 9.97 Å². The van der Waals surface area contributed by atoms with Crippen LogP contribution in [0, 0.1) is 5.82 Å². The van der Waals surface area contributed by atoms with Crippen LogP contribution in [0.4, 0.5) is 16.2 Å². The van der Waals surface area contributed by atoms with Gasteiger partial charge in [0, 0.05) is 17.8 Å². The van der Waals surface area contributed by atoms with Crippen LogP contribution in [0.25, 0.3) is 11.1 Å². The van der Waals surface area contributed by atoms with E-state index in [4.69, 9.17) is 11.5 Å². The first kappa shape index (κ1) is 10.2. The average Bonchev–Trinajstić information content (AvgIpc) is 2.15. The molecule has 0 spiro atoms. The minimum Gasteiger partial charge on any atom is -0.508 e. The second-order valence-corrected chi connectivity index (χ2v) is 3.23. The molecule has 0 aliphatic carbocycles. The van der Waals surface area contributed by atoms with Gasteiger partial charge in [-0.15, -0.1) is 0 Å². The molecule has 1 aromatic carbocycles. The van der Waals surface area contributed by atoms with Gasteiger partial charge in [0.05, 0.1) is 0 Å². The molecule has 5 nitrogen and oxygen atoms in total. The summed E-state index contributed by atoms with van der Waals surface area (Å²) in [7, 11) is 0. The fourth-order valence-corrected chi connectivity index (χ4v) is 1.36. The van der Waals surface area contributed by atoms with Gasteiger partial charge in [-0.2, -0.15) is 4.98 Å². The highest BCUT2D eigenvalue weighted by molar-refractivity contribution is 5.74. The standard InChI is InChI=1S/C10H9FN4O/c11-6-1-5(2-7(16)3-6)8-4-14-10(13)15-9(8)12/h1-4,16H,(H4,12,13,14,15). The number of nitrogen functional groups attached to an aromatic ring is 2. The molecule has 2 rings (SSSR count). The first-order valence-electron chi connectivity index (χ1n) is 4.44. The molecule has 0 saturated heterocycles. The minimum absolute atomic E-state index is 0.0434. The quantitative estimate of drug-likeness (QED) is 0.669. The Morgan fingerprint density at radius 3 is 2.56 bits per heavy atom. The number of benzene rings is 1. The third-order valence-corrected chi connectivity index (χ3v) is 2.03. The summed E-state index contributed by atoms with van der Waals surface area (Å²) in [6.07, 6.45) is 1.38. The van der Waals surface area contributed by atoms with Crippen LogP contribution < -0.4 is 11.5 Å². The van der Waals surface area contributed by atoms with E-state index < -0.39 is 5.82 Å². The maximum absolute atomic E-state index is 13.1. The van der Waals surface area contributed by atoms with Crippen molar-refractivity contribution in [3.8, 4) is 16.9 Å². The van der Waals surface area contributed by atoms with Crippen LogP contribution in [0.1, 0.15) is 0 Å². The predicted molar refractivity (Wildman–Crippen MR) is 57.9 cm³/mol. The third-order valence-electron chi connectivity index (χ3n) is 2.03. The highest BCUT2D eigenvalue weighted by Gasteiger charge is 2.08. The van der Waals surface area contributed by atoms with Crippen molar-refractivity contribution in [2.24, 2.45) is 0 Å². The molecule has 6 heteroatoms. The Kier molecular flexibility index (Phi) is 2.32. The van der Waals surface area contributed by atoms with Crippen molar-refractivity contribution in [2.75, 3.05) is 11.5 Å². The smallest absolute Gasteiger partial charge is 0.221 e. The summed E-state index contributed by atoms with van der Waals surface area (Å²) in [5.41, 5.74) is 11.8. The van der Waals surface area contributed by atoms with E-state index in [0.717, 1.165) is 6.07 Å². The second kappa shape index (κ2) is 3.65. The van der Waals surface area contributed by atoms with Crippen molar-refractivity contribution in [1.29, 1.82) is 0 Å². The second-order valence-electron chi connectivity index (χ2n) is 3.23. The van der Waals surface area contributed by atoms with Crippen molar-refractivity contribution in [1.82, 2.24) is 9.97 Å². The number of hydrogen-bond donors (Lipinski definition) is 3. The molecule has 2 aromatic rings. The molecule has 1 heterocycles. The van der Waals surface area contributed by atoms with E-state index in [1.165, 1.54) is 18.3 Å². The molecular weight excluding hydrogens is 211 g/mol. The van der Waals surface area contributed by atoms with Crippen LogP contribution in [0.5, 0.6) is 5.75 Å². The number of anilines is 2. The maximum Gasteiger partial charge on any atom is 0.221 e. The number of rotatable bonds is 1. The summed E-state index contributed by atoms with van der Waals surface area (Å²) in [4.78, 5) is 7.51. The average molecular weight is 220 g/mol. The van der Waals surface area contributed by atoms with E-state index in [-0.39, 0.29) is 17.5 Å². The lowest BCUT2D eigenvalue weighted by atomic mass is 10.1. The topological polar surface area (TPSA) is 98.0 Å². The molecule has 0 aliphatic heterocycles. The van der Waals surface area contributed by atoms with Gasteiger partial charge in [-0.05, 0) is 17.7 Å². The summed E-state index contributed by atoms with van der Waals surface area (Å²) in [6.45, 7) is 0. The van der Waals surface area contributed by atoms with Gasteiger partial charge in [-0.1, -0.05) is 0 Å². The van der Waals surface area contributed by atoms with Crippen LogP contribution in [0.3, 0.4) is 0 Å². The normalized spacial score (nSPS) is 10.3. The van der Waals surface area contributed by atoms with E-state index in [1.807, 2.05) is 0 Å². The zero-order valence-electron chi connectivity index (χ0n) is 8.18. The number of phenols is 1. The minimum atomic E-state index is -0.564. The van der Waals surface area contributed by atoms with Crippen LogP contribution >= 0.6 is 0 Å². The molecule has 0 bridgehead atoms. The highest BCUT2D eigenvalue weighted by Crippen LogP contribution is 2.27. The molecular formula is C10H9FN4O. The molecule has 0 radical (unpaired) electrons. The van der Waals surface area contributed by atoms with Crippen molar-refractivity contribution >= 4 is 11.8 Å². The SMILES string of the molecule is Nc1ncc(-c2cc(O)cc(F)c2)c(N)n1. The van der Waals surface area contributed by atoms with Crippen molar-refractivity contribution in [3.05, 3.63) is 30.2 Å². The van der Waals surface area contributed by atoms with Gasteiger partial charge in [0.2, 0.25) is 5.95 Å². The fraction of sp³-hybridized carbons (Fsp3) is 0. The van der Waals surface area contributed by atoms with E-state index in [1.54, 1.807) is 0 Å². The number of aromatic hydroxyl groups is 1. The van der Waals surface area contributed by atoms with Gasteiger partial charge >= 0.3 is 0 Å². The zero-order valence-corrected chi connectivity index (χ0v) is 8.18. The Morgan fingerprint density at radius 2 is 1.94 bits per heavy atom. The lowest BCUT2D eigenvalue weighted by Crippen LogP contribution is -2.01. The molecule has 0 saturated carbocycles. The molecule has 0 fully saturated rings. The van der Waals surface area contributed by atoms with Gasteiger partial charge in [-0.25, -0.2) is 9.37 Å². The third kappa shape index (κ3) is 1.85. The summed E-state index contributed by atoms with van der Waals surface area (Å²) in [5, 5.41) is 9.25. The van der Waals surface area contributed by atoms with E-state index >= 15 is 0 Å².